The Bertz CT molecular complexity index is 355. The molecule has 0 radical (unpaired) electrons. The highest BCUT2D eigenvalue weighted by Crippen LogP contribution is 2.14. The summed E-state index contributed by atoms with van der Waals surface area (Å²) < 4.78 is 10.1. The molecule has 0 aliphatic rings. The third-order valence-electron chi connectivity index (χ3n) is 1.61. The molecule has 0 aromatic heterocycles. The molecule has 5 nitrogen and oxygen atoms in total. The largest absolute Gasteiger partial charge is 0.460 e. The summed E-state index contributed by atoms with van der Waals surface area (Å²) in [5.41, 5.74) is -1.30. The van der Waals surface area contributed by atoms with E-state index in [1.807, 2.05) is 0 Å². The predicted molar refractivity (Wildman–Crippen MR) is 66.7 cm³/mol. The molecular formula is C13H21NO4. The van der Waals surface area contributed by atoms with Crippen molar-refractivity contribution in [2.45, 2.75) is 65.2 Å². The van der Waals surface area contributed by atoms with Gasteiger partial charge in [0.25, 0.3) is 0 Å². The Labute approximate surface area is 108 Å². The van der Waals surface area contributed by atoms with Crippen LogP contribution >= 0.6 is 0 Å². The van der Waals surface area contributed by atoms with Crippen LogP contribution in [-0.2, 0) is 19.1 Å². The first-order valence-electron chi connectivity index (χ1n) is 5.76. The Kier molecular flexibility index (Phi) is 5.34. The van der Waals surface area contributed by atoms with Gasteiger partial charge in [0, 0.05) is 0 Å². The van der Waals surface area contributed by atoms with E-state index in [2.05, 4.69) is 4.85 Å². The maximum Gasteiger partial charge on any atom is 0.391 e. The fourth-order valence-corrected chi connectivity index (χ4v) is 1.09. The van der Waals surface area contributed by atoms with Crippen LogP contribution in [0.25, 0.3) is 4.85 Å². The lowest BCUT2D eigenvalue weighted by atomic mass is 10.1. The van der Waals surface area contributed by atoms with Crippen LogP contribution in [0.1, 0.15) is 48.0 Å². The second-order valence-corrected chi connectivity index (χ2v) is 5.97. The van der Waals surface area contributed by atoms with Crippen LogP contribution in [0.5, 0.6) is 0 Å². The van der Waals surface area contributed by atoms with Crippen molar-refractivity contribution in [1.29, 1.82) is 0 Å². The number of rotatable bonds is 3. The van der Waals surface area contributed by atoms with E-state index in [-0.39, 0.29) is 6.42 Å². The van der Waals surface area contributed by atoms with Crippen molar-refractivity contribution in [3.63, 3.8) is 0 Å². The molecule has 0 unspecified atom stereocenters. The van der Waals surface area contributed by atoms with Gasteiger partial charge in [-0.05, 0) is 41.5 Å². The number of ether oxygens (including phenoxy) is 2. The van der Waals surface area contributed by atoms with Crippen LogP contribution in [0.2, 0.25) is 0 Å². The summed E-state index contributed by atoms with van der Waals surface area (Å²) in [4.78, 5) is 26.3. The molecule has 0 N–H and O–H groups in total. The van der Waals surface area contributed by atoms with Crippen molar-refractivity contribution in [3.8, 4) is 0 Å². The van der Waals surface area contributed by atoms with E-state index in [4.69, 9.17) is 16.0 Å². The Balaban J connectivity index is 4.50. The van der Waals surface area contributed by atoms with Gasteiger partial charge in [0.05, 0.1) is 0 Å². The van der Waals surface area contributed by atoms with Crippen molar-refractivity contribution in [2.75, 3.05) is 0 Å². The van der Waals surface area contributed by atoms with Crippen LogP contribution in [0.4, 0.5) is 0 Å². The van der Waals surface area contributed by atoms with E-state index in [9.17, 15) is 9.59 Å². The maximum atomic E-state index is 11.6. The van der Waals surface area contributed by atoms with Crippen molar-refractivity contribution in [1.82, 2.24) is 0 Å². The van der Waals surface area contributed by atoms with Crippen LogP contribution < -0.4 is 0 Å². The summed E-state index contributed by atoms with van der Waals surface area (Å²) in [5.74, 6) is -1.27. The summed E-state index contributed by atoms with van der Waals surface area (Å²) in [6, 6.07) is -1.14. The van der Waals surface area contributed by atoms with Crippen LogP contribution in [0.3, 0.4) is 0 Å². The number of esters is 2. The van der Waals surface area contributed by atoms with Gasteiger partial charge in [0.1, 0.15) is 17.6 Å². The van der Waals surface area contributed by atoms with Gasteiger partial charge in [-0.1, -0.05) is 0 Å². The molecule has 0 aliphatic carbocycles. The average Bonchev–Trinajstić information content (AvgIpc) is 2.07. The summed E-state index contributed by atoms with van der Waals surface area (Å²) >= 11 is 0. The molecule has 5 heteroatoms. The second-order valence-electron chi connectivity index (χ2n) is 5.97. The first kappa shape index (κ1) is 16.4. The van der Waals surface area contributed by atoms with Crippen molar-refractivity contribution >= 4 is 11.9 Å². The molecule has 0 heterocycles. The smallest absolute Gasteiger partial charge is 0.391 e. The molecule has 102 valence electrons. The minimum atomic E-state index is -1.14. The topological polar surface area (TPSA) is 57.0 Å². The summed E-state index contributed by atoms with van der Waals surface area (Å²) in [5, 5.41) is 0. The van der Waals surface area contributed by atoms with Gasteiger partial charge in [0.2, 0.25) is 0 Å². The van der Waals surface area contributed by atoms with E-state index >= 15 is 0 Å². The highest BCUT2D eigenvalue weighted by Gasteiger charge is 2.33. The van der Waals surface area contributed by atoms with Crippen molar-refractivity contribution in [3.05, 3.63) is 11.4 Å². The first-order valence-corrected chi connectivity index (χ1v) is 5.76. The maximum absolute atomic E-state index is 11.6. The third-order valence-corrected chi connectivity index (χ3v) is 1.61. The third kappa shape index (κ3) is 7.66. The van der Waals surface area contributed by atoms with Crippen molar-refractivity contribution in [2.24, 2.45) is 0 Å². The van der Waals surface area contributed by atoms with E-state index in [1.165, 1.54) is 0 Å². The van der Waals surface area contributed by atoms with Gasteiger partial charge in [-0.15, -0.1) is 0 Å². The highest BCUT2D eigenvalue weighted by atomic mass is 16.6. The van der Waals surface area contributed by atoms with Crippen LogP contribution in [-0.4, -0.2) is 29.2 Å². The lowest BCUT2D eigenvalue weighted by Gasteiger charge is -2.21. The molecule has 0 bridgehead atoms. The molecule has 0 spiro atoms. The number of carbonyl (C=O) groups is 2. The minimum Gasteiger partial charge on any atom is -0.460 e. The first-order chi connectivity index (χ1) is 7.94. The van der Waals surface area contributed by atoms with E-state index in [1.54, 1.807) is 41.5 Å². The normalized spacial score (nSPS) is 13.4. The fraction of sp³-hybridized carbons (Fsp3) is 0.769. The van der Waals surface area contributed by atoms with E-state index in [0.29, 0.717) is 0 Å². The Morgan fingerprint density at radius 3 is 1.83 bits per heavy atom. The molecule has 0 aliphatic heterocycles. The summed E-state index contributed by atoms with van der Waals surface area (Å²) in [6.07, 6.45) is -0.282. The Hall–Kier alpha value is -1.57. The van der Waals surface area contributed by atoms with Crippen molar-refractivity contribution < 1.29 is 19.1 Å². The Morgan fingerprint density at radius 1 is 1.06 bits per heavy atom. The Morgan fingerprint density at radius 2 is 1.50 bits per heavy atom. The van der Waals surface area contributed by atoms with Crippen LogP contribution in [0.15, 0.2) is 0 Å². The molecule has 0 aromatic carbocycles. The lowest BCUT2D eigenvalue weighted by molar-refractivity contribution is -0.162. The van der Waals surface area contributed by atoms with Gasteiger partial charge < -0.3 is 14.3 Å². The number of hydrogen-bond donors (Lipinski definition) is 0. The zero-order chi connectivity index (χ0) is 14.6. The molecular weight excluding hydrogens is 234 g/mol. The molecule has 0 aromatic rings. The van der Waals surface area contributed by atoms with Gasteiger partial charge in [-0.2, -0.15) is 0 Å². The zero-order valence-corrected chi connectivity index (χ0v) is 11.9. The minimum absolute atomic E-state index is 0.282. The molecule has 0 saturated carbocycles. The van der Waals surface area contributed by atoms with E-state index in [0.717, 1.165) is 0 Å². The molecule has 0 rings (SSSR count). The molecule has 0 saturated heterocycles. The van der Waals surface area contributed by atoms with Crippen LogP contribution in [0, 0.1) is 6.57 Å². The van der Waals surface area contributed by atoms with E-state index < -0.39 is 29.2 Å². The average molecular weight is 255 g/mol. The summed E-state index contributed by atoms with van der Waals surface area (Å²) in [7, 11) is 0. The molecule has 18 heavy (non-hydrogen) atoms. The fourth-order valence-electron chi connectivity index (χ4n) is 1.09. The lowest BCUT2D eigenvalue weighted by Crippen LogP contribution is -2.33. The van der Waals surface area contributed by atoms with Gasteiger partial charge in [-0.25, -0.2) is 11.4 Å². The summed E-state index contributed by atoms with van der Waals surface area (Å²) in [6.45, 7) is 17.2. The van der Waals surface area contributed by atoms with Gasteiger partial charge in [0.15, 0.2) is 0 Å². The quantitative estimate of drug-likeness (QED) is 0.573. The monoisotopic (exact) mass is 255 g/mol. The number of nitrogens with zero attached hydrogens (tertiary/aromatic N) is 1. The number of carbonyl (C=O) groups excluding carboxylic acids is 2. The molecule has 0 amide bonds. The SMILES string of the molecule is [C-]#[N+][C@@H](CC(=O)OC(C)(C)C)C(=O)OC(C)(C)C. The second kappa shape index (κ2) is 5.85. The predicted octanol–water partition coefficient (Wildman–Crippen LogP) is 2.35. The molecule has 0 fully saturated rings. The standard InChI is InChI=1S/C13H21NO4/c1-12(2,3)17-10(15)8-9(14-7)11(16)18-13(4,5)6/h9H,8H2,1-6H3/t9-/m0/s1. The highest BCUT2D eigenvalue weighted by molar-refractivity contribution is 5.84. The molecule has 1 atom stereocenters. The van der Waals surface area contributed by atoms with Gasteiger partial charge >= 0.3 is 18.0 Å². The zero-order valence-electron chi connectivity index (χ0n) is 11.9. The number of hydrogen-bond acceptors (Lipinski definition) is 4. The van der Waals surface area contributed by atoms with Gasteiger partial charge in [-0.3, -0.25) is 4.79 Å².